The molecule has 0 unspecified atom stereocenters. The molecule has 0 bridgehead atoms. The van der Waals surface area contributed by atoms with Crippen LogP contribution in [0.3, 0.4) is 0 Å². The molecule has 0 saturated carbocycles. The number of aliphatic imine (C=N–C) groups is 1. The van der Waals surface area contributed by atoms with E-state index in [1.54, 1.807) is 0 Å². The fourth-order valence-corrected chi connectivity index (χ4v) is 2.86. The maximum Gasteiger partial charge on any atom is 0.191 e. The number of rotatable bonds is 8. The fraction of sp³-hybridized carbons (Fsp3) is 0.611. The van der Waals surface area contributed by atoms with Gasteiger partial charge < -0.3 is 20.1 Å². The second kappa shape index (κ2) is 10.1. The van der Waals surface area contributed by atoms with Crippen LogP contribution in [0.15, 0.2) is 29.4 Å². The topological polar surface area (TPSA) is 85.1 Å². The van der Waals surface area contributed by atoms with Crippen molar-refractivity contribution in [2.75, 3.05) is 32.9 Å². The van der Waals surface area contributed by atoms with E-state index in [0.717, 1.165) is 69.6 Å². The molecule has 0 atom stereocenters. The zero-order valence-corrected chi connectivity index (χ0v) is 15.4. The Bertz CT molecular complexity index is 696. The Kier molecular flexibility index (Phi) is 7.21. The number of aromatic nitrogens is 3. The van der Waals surface area contributed by atoms with Gasteiger partial charge in [0.25, 0.3) is 0 Å². The van der Waals surface area contributed by atoms with Gasteiger partial charge in [0.05, 0.1) is 6.10 Å². The number of fused-ring (bicyclic) bond motifs is 1. The molecule has 2 N–H and O–H groups in total. The van der Waals surface area contributed by atoms with E-state index in [4.69, 9.17) is 9.47 Å². The lowest BCUT2D eigenvalue weighted by atomic mass is 10.1. The maximum absolute atomic E-state index is 5.89. The van der Waals surface area contributed by atoms with E-state index in [-0.39, 0.29) is 0 Å². The Morgan fingerprint density at radius 1 is 1.31 bits per heavy atom. The van der Waals surface area contributed by atoms with Crippen LogP contribution >= 0.6 is 0 Å². The molecule has 0 spiro atoms. The first-order valence-corrected chi connectivity index (χ1v) is 9.37. The Balaban J connectivity index is 1.43. The molecular formula is C18H28N6O2. The van der Waals surface area contributed by atoms with Gasteiger partial charge in [-0.3, -0.25) is 4.40 Å². The monoisotopic (exact) mass is 360 g/mol. The molecule has 8 heteroatoms. The first-order chi connectivity index (χ1) is 12.9. The second-order valence-electron chi connectivity index (χ2n) is 6.20. The van der Waals surface area contributed by atoms with Gasteiger partial charge in [-0.05, 0) is 38.3 Å². The summed E-state index contributed by atoms with van der Waals surface area (Å²) in [7, 11) is 0. The standard InChI is InChI=1S/C18H28N6O2/c1-2-19-18(20-9-5-11-26-15-7-12-25-13-8-15)21-14-17-23-22-16-6-3-4-10-24(16)17/h3-4,6,10,15H,2,5,7-9,11-14H2,1H3,(H2,19,20,21). The molecule has 3 rings (SSSR count). The van der Waals surface area contributed by atoms with Crippen LogP contribution < -0.4 is 10.6 Å². The van der Waals surface area contributed by atoms with Gasteiger partial charge in [0.15, 0.2) is 17.4 Å². The Hall–Kier alpha value is -2.19. The van der Waals surface area contributed by atoms with Crippen molar-refractivity contribution >= 4 is 11.6 Å². The molecule has 1 aliphatic heterocycles. The number of nitrogens with zero attached hydrogens (tertiary/aromatic N) is 4. The van der Waals surface area contributed by atoms with Crippen molar-refractivity contribution < 1.29 is 9.47 Å². The van der Waals surface area contributed by atoms with Crippen molar-refractivity contribution in [3.05, 3.63) is 30.2 Å². The summed E-state index contributed by atoms with van der Waals surface area (Å²) in [5, 5.41) is 15.0. The van der Waals surface area contributed by atoms with E-state index in [0.29, 0.717) is 12.6 Å². The Labute approximate surface area is 154 Å². The third-order valence-electron chi connectivity index (χ3n) is 4.24. The van der Waals surface area contributed by atoms with E-state index >= 15 is 0 Å². The highest BCUT2D eigenvalue weighted by Crippen LogP contribution is 2.10. The third-order valence-corrected chi connectivity index (χ3v) is 4.24. The lowest BCUT2D eigenvalue weighted by molar-refractivity contribution is -0.0320. The molecule has 2 aromatic rings. The van der Waals surface area contributed by atoms with E-state index in [9.17, 15) is 0 Å². The second-order valence-corrected chi connectivity index (χ2v) is 6.20. The summed E-state index contributed by atoms with van der Waals surface area (Å²) in [5.74, 6) is 1.60. The molecule has 1 saturated heterocycles. The maximum atomic E-state index is 5.89. The first kappa shape index (κ1) is 18.6. The van der Waals surface area contributed by atoms with E-state index in [1.165, 1.54) is 0 Å². The zero-order valence-electron chi connectivity index (χ0n) is 15.4. The third kappa shape index (κ3) is 5.40. The smallest absolute Gasteiger partial charge is 0.191 e. The summed E-state index contributed by atoms with van der Waals surface area (Å²) in [5.41, 5.74) is 0.834. The molecule has 1 aliphatic rings. The van der Waals surface area contributed by atoms with Crippen LogP contribution in [-0.4, -0.2) is 59.6 Å². The van der Waals surface area contributed by atoms with Crippen molar-refractivity contribution in [2.45, 2.75) is 38.8 Å². The Morgan fingerprint density at radius 3 is 3.04 bits per heavy atom. The van der Waals surface area contributed by atoms with Crippen molar-refractivity contribution in [1.82, 2.24) is 25.2 Å². The number of pyridine rings is 1. The van der Waals surface area contributed by atoms with Crippen molar-refractivity contribution in [2.24, 2.45) is 4.99 Å². The van der Waals surface area contributed by atoms with Gasteiger partial charge in [0.1, 0.15) is 6.54 Å². The van der Waals surface area contributed by atoms with Gasteiger partial charge in [0, 0.05) is 39.1 Å². The van der Waals surface area contributed by atoms with E-state index in [2.05, 4.69) is 32.7 Å². The fourth-order valence-electron chi connectivity index (χ4n) is 2.86. The van der Waals surface area contributed by atoms with Crippen LogP contribution in [0.25, 0.3) is 5.65 Å². The SMILES string of the molecule is CCNC(=NCc1nnc2ccccn12)NCCCOC1CCOCC1. The highest BCUT2D eigenvalue weighted by molar-refractivity contribution is 5.79. The van der Waals surface area contributed by atoms with Crippen molar-refractivity contribution in [3.63, 3.8) is 0 Å². The number of ether oxygens (including phenoxy) is 2. The van der Waals surface area contributed by atoms with Crippen LogP contribution in [0.5, 0.6) is 0 Å². The lowest BCUT2D eigenvalue weighted by Gasteiger charge is -2.22. The largest absolute Gasteiger partial charge is 0.381 e. The van der Waals surface area contributed by atoms with Crippen LogP contribution in [-0.2, 0) is 16.0 Å². The predicted molar refractivity (Wildman–Crippen MR) is 100 cm³/mol. The van der Waals surface area contributed by atoms with Crippen molar-refractivity contribution in [1.29, 1.82) is 0 Å². The average molecular weight is 360 g/mol. The van der Waals surface area contributed by atoms with Crippen LogP contribution in [0.2, 0.25) is 0 Å². The minimum atomic E-state index is 0.354. The quantitative estimate of drug-likeness (QED) is 0.420. The van der Waals surface area contributed by atoms with E-state index < -0.39 is 0 Å². The molecule has 0 aromatic carbocycles. The van der Waals surface area contributed by atoms with Gasteiger partial charge in [-0.2, -0.15) is 0 Å². The number of hydrogen-bond donors (Lipinski definition) is 2. The minimum Gasteiger partial charge on any atom is -0.381 e. The molecule has 0 radical (unpaired) electrons. The predicted octanol–water partition coefficient (Wildman–Crippen LogP) is 1.37. The summed E-state index contributed by atoms with van der Waals surface area (Å²) < 4.78 is 13.2. The summed E-state index contributed by atoms with van der Waals surface area (Å²) >= 11 is 0. The first-order valence-electron chi connectivity index (χ1n) is 9.37. The Morgan fingerprint density at radius 2 is 2.19 bits per heavy atom. The van der Waals surface area contributed by atoms with Gasteiger partial charge >= 0.3 is 0 Å². The van der Waals surface area contributed by atoms with Gasteiger partial charge in [-0.1, -0.05) is 6.07 Å². The molecule has 0 amide bonds. The lowest BCUT2D eigenvalue weighted by Crippen LogP contribution is -2.38. The van der Waals surface area contributed by atoms with Gasteiger partial charge in [-0.25, -0.2) is 4.99 Å². The van der Waals surface area contributed by atoms with Gasteiger partial charge in [0.2, 0.25) is 0 Å². The average Bonchev–Trinajstić information content (AvgIpc) is 3.10. The molecule has 0 aliphatic carbocycles. The number of hydrogen-bond acceptors (Lipinski definition) is 5. The molecule has 3 heterocycles. The number of guanidine groups is 1. The number of nitrogens with one attached hydrogen (secondary N) is 2. The van der Waals surface area contributed by atoms with Gasteiger partial charge in [-0.15, -0.1) is 10.2 Å². The molecular weight excluding hydrogens is 332 g/mol. The van der Waals surface area contributed by atoms with Crippen molar-refractivity contribution in [3.8, 4) is 0 Å². The molecule has 2 aromatic heterocycles. The zero-order chi connectivity index (χ0) is 18.0. The summed E-state index contributed by atoms with van der Waals surface area (Å²) in [6.07, 6.45) is 5.25. The highest BCUT2D eigenvalue weighted by Gasteiger charge is 2.13. The van der Waals surface area contributed by atoms with Crippen LogP contribution in [0.1, 0.15) is 32.0 Å². The molecule has 1 fully saturated rings. The molecule has 8 nitrogen and oxygen atoms in total. The minimum absolute atomic E-state index is 0.354. The van der Waals surface area contributed by atoms with Crippen LogP contribution in [0.4, 0.5) is 0 Å². The van der Waals surface area contributed by atoms with Crippen LogP contribution in [0, 0.1) is 0 Å². The highest BCUT2D eigenvalue weighted by atomic mass is 16.5. The summed E-state index contributed by atoms with van der Waals surface area (Å²) in [4.78, 5) is 4.61. The normalized spacial score (nSPS) is 16.1. The molecule has 142 valence electrons. The molecule has 26 heavy (non-hydrogen) atoms. The van der Waals surface area contributed by atoms with E-state index in [1.807, 2.05) is 28.8 Å². The summed E-state index contributed by atoms with van der Waals surface area (Å²) in [6, 6.07) is 5.85. The summed E-state index contributed by atoms with van der Waals surface area (Å²) in [6.45, 7) is 6.54.